The molecule has 0 radical (unpaired) electrons. The molecule has 0 aliphatic carbocycles. The van der Waals surface area contributed by atoms with Crippen LogP contribution in [0.15, 0.2) is 87.6 Å². The molecule has 130 valence electrons. The molecule has 3 aromatic carbocycles. The summed E-state index contributed by atoms with van der Waals surface area (Å²) in [6, 6.07) is 23.5. The molecule has 26 heavy (non-hydrogen) atoms. The molecule has 0 aliphatic heterocycles. The molecule has 0 heterocycles. The summed E-state index contributed by atoms with van der Waals surface area (Å²) in [7, 11) is 1.65. The van der Waals surface area contributed by atoms with Crippen LogP contribution in [0.25, 0.3) is 0 Å². The zero-order chi connectivity index (χ0) is 18.4. The van der Waals surface area contributed by atoms with Gasteiger partial charge in [0.2, 0.25) is 0 Å². The van der Waals surface area contributed by atoms with E-state index in [9.17, 15) is 4.79 Å². The quantitative estimate of drug-likeness (QED) is 0.411. The molecule has 4 heteroatoms. The van der Waals surface area contributed by atoms with E-state index in [1.165, 1.54) is 0 Å². The standard InChI is InChI=1S/C22H19NO2S/c1-16(24)18-5-11-21(12-6-18)26-22-13-7-19(8-14-22)23-15-17-3-9-20(25-2)10-4-17/h3-15H,1-2H3. The minimum Gasteiger partial charge on any atom is -0.497 e. The Morgan fingerprint density at radius 1 is 0.885 bits per heavy atom. The Morgan fingerprint density at radius 3 is 2.00 bits per heavy atom. The van der Waals surface area contributed by atoms with Crippen LogP contribution >= 0.6 is 11.8 Å². The number of ether oxygens (including phenoxy) is 1. The molecule has 0 unspecified atom stereocenters. The molecule has 3 aromatic rings. The van der Waals surface area contributed by atoms with Gasteiger partial charge in [-0.05, 0) is 73.2 Å². The fraction of sp³-hybridized carbons (Fsp3) is 0.0909. The summed E-state index contributed by atoms with van der Waals surface area (Å²) < 4.78 is 5.15. The average Bonchev–Trinajstić information content (AvgIpc) is 2.68. The Hall–Kier alpha value is -2.85. The summed E-state index contributed by atoms with van der Waals surface area (Å²) in [6.07, 6.45) is 1.84. The lowest BCUT2D eigenvalue weighted by Gasteiger charge is -2.03. The van der Waals surface area contributed by atoms with Gasteiger partial charge in [0.1, 0.15) is 5.75 Å². The lowest BCUT2D eigenvalue weighted by Crippen LogP contribution is -1.90. The smallest absolute Gasteiger partial charge is 0.159 e. The molecule has 0 saturated carbocycles. The number of hydrogen-bond donors (Lipinski definition) is 0. The molecule has 3 rings (SSSR count). The Labute approximate surface area is 157 Å². The van der Waals surface area contributed by atoms with Gasteiger partial charge >= 0.3 is 0 Å². The second-order valence-corrected chi connectivity index (χ2v) is 6.85. The van der Waals surface area contributed by atoms with Crippen LogP contribution < -0.4 is 4.74 Å². The molecule has 0 bridgehead atoms. The first-order valence-electron chi connectivity index (χ1n) is 8.21. The number of Topliss-reactive ketones (excluding diaryl/α,β-unsaturated/α-hetero) is 1. The van der Waals surface area contributed by atoms with Crippen molar-refractivity contribution >= 4 is 29.4 Å². The fourth-order valence-electron chi connectivity index (χ4n) is 2.33. The van der Waals surface area contributed by atoms with Crippen LogP contribution in [-0.4, -0.2) is 19.1 Å². The summed E-state index contributed by atoms with van der Waals surface area (Å²) in [6.45, 7) is 1.58. The van der Waals surface area contributed by atoms with Crippen molar-refractivity contribution in [3.8, 4) is 5.75 Å². The van der Waals surface area contributed by atoms with E-state index in [0.29, 0.717) is 0 Å². The van der Waals surface area contributed by atoms with Crippen LogP contribution in [0.1, 0.15) is 22.8 Å². The highest BCUT2D eigenvalue weighted by molar-refractivity contribution is 7.99. The highest BCUT2D eigenvalue weighted by Crippen LogP contribution is 2.29. The fourth-order valence-corrected chi connectivity index (χ4v) is 3.15. The molecule has 3 nitrogen and oxygen atoms in total. The molecule has 0 spiro atoms. The zero-order valence-electron chi connectivity index (χ0n) is 14.7. The Bertz CT molecular complexity index is 898. The number of benzene rings is 3. The van der Waals surface area contributed by atoms with Crippen molar-refractivity contribution in [2.45, 2.75) is 16.7 Å². The van der Waals surface area contributed by atoms with E-state index in [2.05, 4.69) is 4.99 Å². The van der Waals surface area contributed by atoms with Crippen LogP contribution in [-0.2, 0) is 0 Å². The average molecular weight is 361 g/mol. The third-order valence-corrected chi connectivity index (χ3v) is 4.83. The third-order valence-electron chi connectivity index (χ3n) is 3.81. The van der Waals surface area contributed by atoms with Gasteiger partial charge in [0.05, 0.1) is 12.8 Å². The maximum Gasteiger partial charge on any atom is 0.159 e. The van der Waals surface area contributed by atoms with E-state index >= 15 is 0 Å². The van der Waals surface area contributed by atoms with Gasteiger partial charge < -0.3 is 4.74 Å². The lowest BCUT2D eigenvalue weighted by molar-refractivity contribution is 0.101. The molecular weight excluding hydrogens is 342 g/mol. The molecule has 0 aliphatic rings. The summed E-state index contributed by atoms with van der Waals surface area (Å²) >= 11 is 1.66. The molecular formula is C22H19NO2S. The highest BCUT2D eigenvalue weighted by atomic mass is 32.2. The Morgan fingerprint density at radius 2 is 1.46 bits per heavy atom. The molecule has 0 aromatic heterocycles. The van der Waals surface area contributed by atoms with Gasteiger partial charge in [-0.15, -0.1) is 0 Å². The van der Waals surface area contributed by atoms with Crippen molar-refractivity contribution in [1.82, 2.24) is 0 Å². The predicted octanol–water partition coefficient (Wildman–Crippen LogP) is 5.80. The molecule has 0 atom stereocenters. The van der Waals surface area contributed by atoms with Crippen LogP contribution in [0.3, 0.4) is 0 Å². The number of nitrogens with zero attached hydrogens (tertiary/aromatic N) is 1. The van der Waals surface area contributed by atoms with E-state index in [4.69, 9.17) is 4.74 Å². The van der Waals surface area contributed by atoms with Crippen molar-refractivity contribution in [3.63, 3.8) is 0 Å². The van der Waals surface area contributed by atoms with Crippen LogP contribution in [0, 0.1) is 0 Å². The number of rotatable bonds is 6. The zero-order valence-corrected chi connectivity index (χ0v) is 15.5. The third kappa shape index (κ3) is 4.83. The first-order valence-corrected chi connectivity index (χ1v) is 9.03. The summed E-state index contributed by atoms with van der Waals surface area (Å²) in [5.74, 6) is 0.917. The van der Waals surface area contributed by atoms with Crippen LogP contribution in [0.5, 0.6) is 5.75 Å². The second kappa shape index (κ2) is 8.50. The number of ketones is 1. The molecule has 0 amide bonds. The van der Waals surface area contributed by atoms with E-state index in [0.717, 1.165) is 32.4 Å². The van der Waals surface area contributed by atoms with Crippen LogP contribution in [0.2, 0.25) is 0 Å². The number of aliphatic imine (C=N–C) groups is 1. The van der Waals surface area contributed by atoms with E-state index in [1.807, 2.05) is 79.0 Å². The van der Waals surface area contributed by atoms with Crippen molar-refractivity contribution in [3.05, 3.63) is 83.9 Å². The second-order valence-electron chi connectivity index (χ2n) is 5.71. The number of methoxy groups -OCH3 is 1. The predicted molar refractivity (Wildman–Crippen MR) is 107 cm³/mol. The summed E-state index contributed by atoms with van der Waals surface area (Å²) in [5.41, 5.74) is 2.66. The first-order chi connectivity index (χ1) is 12.6. The van der Waals surface area contributed by atoms with Gasteiger partial charge in [0.25, 0.3) is 0 Å². The van der Waals surface area contributed by atoms with Gasteiger partial charge in [-0.3, -0.25) is 9.79 Å². The van der Waals surface area contributed by atoms with Crippen molar-refractivity contribution in [2.24, 2.45) is 4.99 Å². The number of carbonyl (C=O) groups is 1. The molecule has 0 saturated heterocycles. The maximum atomic E-state index is 11.3. The molecule has 0 N–H and O–H groups in total. The summed E-state index contributed by atoms with van der Waals surface area (Å²) in [5, 5.41) is 0. The monoisotopic (exact) mass is 361 g/mol. The van der Waals surface area contributed by atoms with Gasteiger partial charge in [0.15, 0.2) is 5.78 Å². The normalized spacial score (nSPS) is 10.8. The van der Waals surface area contributed by atoms with Crippen molar-refractivity contribution < 1.29 is 9.53 Å². The van der Waals surface area contributed by atoms with Gasteiger partial charge in [-0.1, -0.05) is 23.9 Å². The van der Waals surface area contributed by atoms with Crippen molar-refractivity contribution in [1.29, 1.82) is 0 Å². The van der Waals surface area contributed by atoms with Crippen molar-refractivity contribution in [2.75, 3.05) is 7.11 Å². The summed E-state index contributed by atoms with van der Waals surface area (Å²) in [4.78, 5) is 18.1. The largest absolute Gasteiger partial charge is 0.497 e. The topological polar surface area (TPSA) is 38.7 Å². The van der Waals surface area contributed by atoms with E-state index in [1.54, 1.807) is 25.8 Å². The SMILES string of the molecule is COc1ccc(C=Nc2ccc(Sc3ccc(C(C)=O)cc3)cc2)cc1. The minimum atomic E-state index is 0.0839. The Kier molecular flexibility index (Phi) is 5.87. The van der Waals surface area contributed by atoms with Gasteiger partial charge in [-0.2, -0.15) is 0 Å². The lowest BCUT2D eigenvalue weighted by atomic mass is 10.2. The van der Waals surface area contributed by atoms with E-state index < -0.39 is 0 Å². The van der Waals surface area contributed by atoms with Crippen LogP contribution in [0.4, 0.5) is 5.69 Å². The molecule has 0 fully saturated rings. The highest BCUT2D eigenvalue weighted by Gasteiger charge is 2.01. The Balaban J connectivity index is 1.64. The van der Waals surface area contributed by atoms with Gasteiger partial charge in [-0.25, -0.2) is 0 Å². The minimum absolute atomic E-state index is 0.0839. The first kappa shape index (κ1) is 18.0. The maximum absolute atomic E-state index is 11.3. The number of carbonyl (C=O) groups excluding carboxylic acids is 1. The van der Waals surface area contributed by atoms with Gasteiger partial charge in [0, 0.05) is 21.6 Å². The van der Waals surface area contributed by atoms with E-state index in [-0.39, 0.29) is 5.78 Å². The number of hydrogen-bond acceptors (Lipinski definition) is 4.